The van der Waals surface area contributed by atoms with Crippen molar-refractivity contribution in [1.82, 2.24) is 5.32 Å². The maximum Gasteiger partial charge on any atom is 0.178 e. The molecule has 0 amide bonds. The second-order valence-electron chi connectivity index (χ2n) is 6.80. The molecule has 0 bridgehead atoms. The Labute approximate surface area is 171 Å². The molecule has 0 unspecified atom stereocenters. The normalized spacial score (nSPS) is 13.9. The predicted molar refractivity (Wildman–Crippen MR) is 117 cm³/mol. The molecule has 145 valence electrons. The van der Waals surface area contributed by atoms with Gasteiger partial charge >= 0.3 is 0 Å². The first-order valence-electron chi connectivity index (χ1n) is 9.56. The van der Waals surface area contributed by atoms with Crippen LogP contribution in [0.2, 0.25) is 0 Å². The third-order valence-electron chi connectivity index (χ3n) is 4.72. The van der Waals surface area contributed by atoms with Crippen molar-refractivity contribution in [3.63, 3.8) is 0 Å². The van der Waals surface area contributed by atoms with E-state index in [9.17, 15) is 8.42 Å². The van der Waals surface area contributed by atoms with E-state index in [0.29, 0.717) is 23.6 Å². The van der Waals surface area contributed by atoms with Crippen LogP contribution in [0.3, 0.4) is 0 Å². The largest absolute Gasteiger partial charge is 0.231 e. The summed E-state index contributed by atoms with van der Waals surface area (Å²) in [5, 5.41) is 4.74. The van der Waals surface area contributed by atoms with Gasteiger partial charge in [-0.3, -0.25) is 0 Å². The van der Waals surface area contributed by atoms with Crippen molar-refractivity contribution in [2.45, 2.75) is 17.7 Å². The fraction of sp³-hybridized carbons (Fsp3) is 0.125. The molecule has 1 aliphatic heterocycles. The molecule has 1 aliphatic rings. The van der Waals surface area contributed by atoms with Gasteiger partial charge in [0.05, 0.1) is 22.0 Å². The van der Waals surface area contributed by atoms with Crippen molar-refractivity contribution in [3.05, 3.63) is 102 Å². The summed E-state index contributed by atoms with van der Waals surface area (Å²) in [6.07, 6.45) is 0.989. The smallest absolute Gasteiger partial charge is 0.178 e. The summed E-state index contributed by atoms with van der Waals surface area (Å²) >= 11 is 0. The van der Waals surface area contributed by atoms with Crippen molar-refractivity contribution in [2.24, 2.45) is 4.99 Å². The van der Waals surface area contributed by atoms with Crippen LogP contribution in [-0.2, 0) is 9.84 Å². The van der Waals surface area contributed by atoms with Crippen LogP contribution in [0.25, 0.3) is 11.4 Å². The fourth-order valence-corrected chi connectivity index (χ4v) is 4.59. The van der Waals surface area contributed by atoms with Crippen molar-refractivity contribution in [2.75, 3.05) is 5.75 Å². The van der Waals surface area contributed by atoms with E-state index < -0.39 is 9.84 Å². The van der Waals surface area contributed by atoms with Gasteiger partial charge in [0.1, 0.15) is 5.84 Å². The van der Waals surface area contributed by atoms with Crippen LogP contribution in [0.5, 0.6) is 0 Å². The van der Waals surface area contributed by atoms with Gasteiger partial charge in [-0.15, -0.1) is 0 Å². The first kappa shape index (κ1) is 19.2. The molecule has 0 fully saturated rings. The van der Waals surface area contributed by atoms with Crippen molar-refractivity contribution < 1.29 is 8.42 Å². The summed E-state index contributed by atoms with van der Waals surface area (Å²) in [5.41, 5.74) is 3.67. The minimum Gasteiger partial charge on any atom is -0.231 e. The average molecular weight is 402 g/mol. The Hall–Kier alpha value is -3.18. The molecule has 0 aromatic heterocycles. The zero-order chi connectivity index (χ0) is 20.1. The van der Waals surface area contributed by atoms with Gasteiger partial charge in [0.2, 0.25) is 0 Å². The van der Waals surface area contributed by atoms with Gasteiger partial charge in [-0.2, -0.15) is 0 Å². The van der Waals surface area contributed by atoms with E-state index in [1.807, 2.05) is 66.7 Å². The lowest BCUT2D eigenvalue weighted by molar-refractivity contribution is 0.594. The van der Waals surface area contributed by atoms with Gasteiger partial charge in [0.15, 0.2) is 9.84 Å². The topological polar surface area (TPSA) is 60.6 Å². The van der Waals surface area contributed by atoms with Crippen LogP contribution in [0, 0.1) is 0 Å². The second-order valence-corrected chi connectivity index (χ2v) is 8.91. The maximum atomic E-state index is 12.5. The summed E-state index contributed by atoms with van der Waals surface area (Å²) < 4.78 is 25.0. The molecule has 0 aliphatic carbocycles. The highest BCUT2D eigenvalue weighted by Gasteiger charge is 2.22. The number of aliphatic imine (C=N–C) groups is 1. The van der Waals surface area contributed by atoms with Crippen LogP contribution in [0.1, 0.15) is 24.0 Å². The fourth-order valence-electron chi connectivity index (χ4n) is 3.26. The molecular weight excluding hydrogens is 380 g/mol. The first-order valence-corrected chi connectivity index (χ1v) is 11.2. The van der Waals surface area contributed by atoms with E-state index in [1.54, 1.807) is 24.3 Å². The molecule has 0 saturated heterocycles. The molecule has 0 N–H and O–H groups in total. The molecule has 0 spiro atoms. The van der Waals surface area contributed by atoms with E-state index in [0.717, 1.165) is 22.5 Å². The van der Waals surface area contributed by atoms with E-state index in [-0.39, 0.29) is 5.75 Å². The minimum atomic E-state index is -3.29. The summed E-state index contributed by atoms with van der Waals surface area (Å²) in [6.45, 7) is 0. The third-order valence-corrected chi connectivity index (χ3v) is 6.53. The number of hydrogen-bond acceptors (Lipinski definition) is 3. The highest BCUT2D eigenvalue weighted by Crippen LogP contribution is 2.31. The van der Waals surface area contributed by atoms with E-state index in [1.165, 1.54) is 0 Å². The van der Waals surface area contributed by atoms with Gasteiger partial charge in [-0.05, 0) is 18.6 Å². The monoisotopic (exact) mass is 401 g/mol. The molecule has 1 heterocycles. The molecule has 5 heteroatoms. The highest BCUT2D eigenvalue weighted by atomic mass is 32.2. The van der Waals surface area contributed by atoms with Gasteiger partial charge < -0.3 is 0 Å². The van der Waals surface area contributed by atoms with Gasteiger partial charge in [-0.25, -0.2) is 18.7 Å². The molecule has 0 saturated carbocycles. The molecular formula is C24H21N2O2S. The Morgan fingerprint density at radius 1 is 0.655 bits per heavy atom. The lowest BCUT2D eigenvalue weighted by Crippen LogP contribution is -2.13. The molecule has 29 heavy (non-hydrogen) atoms. The molecule has 4 rings (SSSR count). The summed E-state index contributed by atoms with van der Waals surface area (Å²) in [7, 11) is -3.29. The van der Waals surface area contributed by atoms with E-state index in [4.69, 9.17) is 10.3 Å². The first-order chi connectivity index (χ1) is 14.1. The number of nitrogens with zero attached hydrogens (tertiary/aromatic N) is 2. The Bertz CT molecular complexity index is 1140. The highest BCUT2D eigenvalue weighted by molar-refractivity contribution is 7.91. The standard InChI is InChI=1S/C24H21N2O2S/c27-29(28,21-15-8-3-9-16-21)18-10-17-22-25-23(19-11-4-1-5-12-19)24(26-22)20-13-6-2-7-14-20/h1-9,11-16H,10,17-18H2. The number of rotatable bonds is 7. The van der Waals surface area contributed by atoms with E-state index in [2.05, 4.69) is 0 Å². The number of sulfone groups is 1. The Morgan fingerprint density at radius 2 is 1.17 bits per heavy atom. The van der Waals surface area contributed by atoms with Gasteiger partial charge in [-0.1, -0.05) is 78.9 Å². The molecule has 4 nitrogen and oxygen atoms in total. The van der Waals surface area contributed by atoms with Crippen LogP contribution in [0.15, 0.2) is 101 Å². The predicted octanol–water partition coefficient (Wildman–Crippen LogP) is 4.78. The Morgan fingerprint density at radius 3 is 1.76 bits per heavy atom. The lowest BCUT2D eigenvalue weighted by Gasteiger charge is -2.06. The van der Waals surface area contributed by atoms with E-state index >= 15 is 0 Å². The number of hydrogen-bond donors (Lipinski definition) is 0. The molecule has 3 aromatic carbocycles. The molecule has 1 radical (unpaired) electrons. The van der Waals surface area contributed by atoms with Crippen LogP contribution >= 0.6 is 0 Å². The lowest BCUT2D eigenvalue weighted by atomic mass is 10.1. The zero-order valence-electron chi connectivity index (χ0n) is 15.9. The van der Waals surface area contributed by atoms with Crippen LogP contribution in [-0.4, -0.2) is 20.0 Å². The molecule has 3 aromatic rings. The van der Waals surface area contributed by atoms with Gasteiger partial charge in [0, 0.05) is 17.5 Å². The SMILES string of the molecule is O=S(=O)(CCCC1=NC(c2ccccc2)=C(c2ccccc2)[N]1)c1ccccc1. The molecule has 0 atom stereocenters. The van der Waals surface area contributed by atoms with Gasteiger partial charge in [0.25, 0.3) is 0 Å². The van der Waals surface area contributed by atoms with Crippen molar-refractivity contribution >= 4 is 27.1 Å². The van der Waals surface area contributed by atoms with Crippen molar-refractivity contribution in [1.29, 1.82) is 0 Å². The van der Waals surface area contributed by atoms with Crippen LogP contribution < -0.4 is 5.32 Å². The zero-order valence-corrected chi connectivity index (χ0v) is 16.7. The Kier molecular flexibility index (Phi) is 5.58. The number of amidine groups is 1. The third kappa shape index (κ3) is 4.46. The summed E-state index contributed by atoms with van der Waals surface area (Å²) in [6, 6.07) is 28.5. The second kappa shape index (κ2) is 8.45. The quantitative estimate of drug-likeness (QED) is 0.572. The summed E-state index contributed by atoms with van der Waals surface area (Å²) in [5.74, 6) is 0.748. The Balaban J connectivity index is 1.50. The maximum absolute atomic E-state index is 12.5. The summed E-state index contributed by atoms with van der Waals surface area (Å²) in [4.78, 5) is 5.10. The average Bonchev–Trinajstić information content (AvgIpc) is 3.20. The number of benzene rings is 3. The van der Waals surface area contributed by atoms with Crippen molar-refractivity contribution in [3.8, 4) is 0 Å². The van der Waals surface area contributed by atoms with Crippen LogP contribution in [0.4, 0.5) is 0 Å². The minimum absolute atomic E-state index is 0.0763.